The predicted molar refractivity (Wildman–Crippen MR) is 183 cm³/mol. The monoisotopic (exact) mass is 608 g/mol. The smallest absolute Gasteiger partial charge is 0.251 e. The number of nitrogens with one attached hydrogen (secondary N) is 1. The Balaban J connectivity index is 0.000000314. The van der Waals surface area contributed by atoms with Gasteiger partial charge < -0.3 is 5.32 Å². The van der Waals surface area contributed by atoms with Crippen LogP contribution in [-0.2, 0) is 18.5 Å². The minimum Gasteiger partial charge on any atom is -0.349 e. The molecule has 0 fully saturated rings. The fourth-order valence-electron chi connectivity index (χ4n) is 6.72. The Hall–Kier alpha value is -3.86. The molecule has 2 unspecified atom stereocenters. The highest BCUT2D eigenvalue weighted by Gasteiger charge is 2.26. The number of fused-ring (bicyclic) bond motifs is 2. The predicted octanol–water partition coefficient (Wildman–Crippen LogP) is 9.78. The number of aryl methyl sites for hydroxylation is 2. The van der Waals surface area contributed by atoms with Crippen LogP contribution >= 0.6 is 0 Å². The Bertz CT molecular complexity index is 1570. The van der Waals surface area contributed by atoms with Crippen molar-refractivity contribution >= 4 is 17.3 Å². The van der Waals surface area contributed by atoms with Crippen LogP contribution in [0.4, 0.5) is 4.39 Å². The molecule has 3 aromatic rings. The van der Waals surface area contributed by atoms with Gasteiger partial charge in [-0.05, 0) is 142 Å². The number of nitrogens with zero attached hydrogens (tertiary/aromatic N) is 1. The summed E-state index contributed by atoms with van der Waals surface area (Å²) in [6.07, 6.45) is 15.4. The summed E-state index contributed by atoms with van der Waals surface area (Å²) in [5.74, 6) is 0.794. The molecular formula is C40H49FN2O2. The molecule has 1 heterocycles. The zero-order valence-electron chi connectivity index (χ0n) is 27.3. The van der Waals surface area contributed by atoms with Gasteiger partial charge in [0.25, 0.3) is 5.91 Å². The molecule has 1 N–H and O–H groups in total. The van der Waals surface area contributed by atoms with E-state index in [0.717, 1.165) is 61.1 Å². The summed E-state index contributed by atoms with van der Waals surface area (Å²) >= 11 is 0. The van der Waals surface area contributed by atoms with Gasteiger partial charge in [-0.2, -0.15) is 0 Å². The van der Waals surface area contributed by atoms with Crippen molar-refractivity contribution in [1.82, 2.24) is 10.3 Å². The van der Waals surface area contributed by atoms with Gasteiger partial charge in [-0.3, -0.25) is 14.6 Å². The molecule has 45 heavy (non-hydrogen) atoms. The molecule has 4 nitrogen and oxygen atoms in total. The fraction of sp³-hybridized carbons (Fsp3) is 0.425. The van der Waals surface area contributed by atoms with Gasteiger partial charge in [0.1, 0.15) is 5.67 Å². The number of halogens is 1. The molecule has 0 aliphatic heterocycles. The molecule has 238 valence electrons. The number of alkyl halides is 1. The molecule has 3 aliphatic rings. The Morgan fingerprint density at radius 2 is 1.69 bits per heavy atom. The zero-order valence-corrected chi connectivity index (χ0v) is 27.3. The maximum Gasteiger partial charge on any atom is 0.251 e. The van der Waals surface area contributed by atoms with Crippen LogP contribution < -0.4 is 5.32 Å². The SMILES string of the molecule is CC1CCC2=C(C1)c1cc(C(=O)NC3CCC=C(C(=O)c4ccncc4)CC3)ccc1CC2.CCc1ccc(C(C)(C)F)cc1.[HH]. The van der Waals surface area contributed by atoms with E-state index in [1.165, 1.54) is 41.5 Å². The zero-order chi connectivity index (χ0) is 32.0. The summed E-state index contributed by atoms with van der Waals surface area (Å²) in [6.45, 7) is 7.58. The third-order valence-corrected chi connectivity index (χ3v) is 9.60. The lowest BCUT2D eigenvalue weighted by atomic mass is 9.75. The van der Waals surface area contributed by atoms with Crippen molar-refractivity contribution < 1.29 is 15.4 Å². The summed E-state index contributed by atoms with van der Waals surface area (Å²) in [6, 6.07) is 17.6. The van der Waals surface area contributed by atoms with Crippen LogP contribution in [0.2, 0.25) is 0 Å². The van der Waals surface area contributed by atoms with Crippen LogP contribution in [0.5, 0.6) is 0 Å². The van der Waals surface area contributed by atoms with E-state index in [0.29, 0.717) is 12.0 Å². The number of Topliss-reactive ketones (excluding diaryl/α,β-unsaturated/α-hetero) is 1. The van der Waals surface area contributed by atoms with Crippen LogP contribution in [-0.4, -0.2) is 22.7 Å². The molecule has 0 saturated heterocycles. The summed E-state index contributed by atoms with van der Waals surface area (Å²) in [7, 11) is 0. The third kappa shape index (κ3) is 8.25. The third-order valence-electron chi connectivity index (χ3n) is 9.60. The molecule has 1 aromatic heterocycles. The number of benzene rings is 2. The molecular weight excluding hydrogens is 559 g/mol. The number of hydrogen-bond donors (Lipinski definition) is 1. The van der Waals surface area contributed by atoms with Gasteiger partial charge in [0.05, 0.1) is 0 Å². The highest BCUT2D eigenvalue weighted by atomic mass is 19.1. The summed E-state index contributed by atoms with van der Waals surface area (Å²) in [5.41, 5.74) is 8.87. The lowest BCUT2D eigenvalue weighted by Crippen LogP contribution is -2.34. The first-order valence-electron chi connectivity index (χ1n) is 16.7. The quantitative estimate of drug-likeness (QED) is 0.283. The maximum absolute atomic E-state index is 13.4. The van der Waals surface area contributed by atoms with Crippen molar-refractivity contribution in [2.75, 3.05) is 0 Å². The summed E-state index contributed by atoms with van der Waals surface area (Å²) in [5, 5.41) is 3.25. The Labute approximate surface area is 269 Å². The number of allylic oxidation sites excluding steroid dienone is 4. The molecule has 6 rings (SSSR count). The van der Waals surface area contributed by atoms with Gasteiger partial charge in [0, 0.05) is 31.0 Å². The minimum absolute atomic E-state index is 0. The van der Waals surface area contributed by atoms with Crippen LogP contribution in [0, 0.1) is 5.92 Å². The van der Waals surface area contributed by atoms with Crippen molar-refractivity contribution in [3.05, 3.63) is 118 Å². The molecule has 0 radical (unpaired) electrons. The topological polar surface area (TPSA) is 59.1 Å². The van der Waals surface area contributed by atoms with Gasteiger partial charge in [0.15, 0.2) is 5.78 Å². The van der Waals surface area contributed by atoms with Crippen LogP contribution in [0.25, 0.3) is 5.57 Å². The Kier molecular flexibility index (Phi) is 10.5. The van der Waals surface area contributed by atoms with E-state index >= 15 is 0 Å². The van der Waals surface area contributed by atoms with Gasteiger partial charge in [-0.1, -0.05) is 55.8 Å². The van der Waals surface area contributed by atoms with Crippen LogP contribution in [0.1, 0.15) is 123 Å². The molecule has 2 atom stereocenters. The van der Waals surface area contributed by atoms with E-state index in [1.54, 1.807) is 43.9 Å². The van der Waals surface area contributed by atoms with Crippen LogP contribution in [0.3, 0.4) is 0 Å². The van der Waals surface area contributed by atoms with Crippen molar-refractivity contribution in [2.45, 2.75) is 104 Å². The molecule has 0 saturated carbocycles. The normalized spacial score (nSPS) is 19.6. The number of aromatic nitrogens is 1. The second kappa shape index (κ2) is 14.5. The number of carbonyl (C=O) groups excluding carboxylic acids is 2. The number of amides is 1. The first kappa shape index (κ1) is 32.5. The summed E-state index contributed by atoms with van der Waals surface area (Å²) in [4.78, 5) is 29.9. The van der Waals surface area contributed by atoms with Gasteiger partial charge >= 0.3 is 0 Å². The van der Waals surface area contributed by atoms with E-state index in [4.69, 9.17) is 0 Å². The van der Waals surface area contributed by atoms with Crippen molar-refractivity contribution in [2.24, 2.45) is 5.92 Å². The number of pyridine rings is 1. The second-order valence-electron chi connectivity index (χ2n) is 13.4. The molecule has 0 bridgehead atoms. The van der Waals surface area contributed by atoms with Crippen molar-refractivity contribution in [3.63, 3.8) is 0 Å². The van der Waals surface area contributed by atoms with E-state index in [2.05, 4.69) is 36.3 Å². The molecule has 0 spiro atoms. The molecule has 5 heteroatoms. The van der Waals surface area contributed by atoms with Gasteiger partial charge in [-0.15, -0.1) is 0 Å². The average Bonchev–Trinajstić information content (AvgIpc) is 3.30. The number of hydrogen-bond acceptors (Lipinski definition) is 3. The first-order valence-corrected chi connectivity index (χ1v) is 16.7. The Morgan fingerprint density at radius 3 is 2.40 bits per heavy atom. The molecule has 1 amide bonds. The van der Waals surface area contributed by atoms with Gasteiger partial charge in [-0.25, -0.2) is 4.39 Å². The van der Waals surface area contributed by atoms with E-state index in [9.17, 15) is 14.0 Å². The Morgan fingerprint density at radius 1 is 0.933 bits per heavy atom. The summed E-state index contributed by atoms with van der Waals surface area (Å²) < 4.78 is 13.4. The fourth-order valence-corrected chi connectivity index (χ4v) is 6.72. The number of rotatable bonds is 6. The van der Waals surface area contributed by atoms with Crippen LogP contribution in [0.15, 0.2) is 84.2 Å². The number of carbonyl (C=O) groups is 2. The molecule has 2 aromatic carbocycles. The lowest BCUT2D eigenvalue weighted by Gasteiger charge is -2.30. The second-order valence-corrected chi connectivity index (χ2v) is 13.4. The highest BCUT2D eigenvalue weighted by Crippen LogP contribution is 2.42. The highest BCUT2D eigenvalue weighted by molar-refractivity contribution is 6.08. The van der Waals surface area contributed by atoms with Gasteiger partial charge in [0.2, 0.25) is 0 Å². The van der Waals surface area contributed by atoms with Crippen molar-refractivity contribution in [1.29, 1.82) is 0 Å². The standard InChI is InChI=1S/C29H32N2O2.C11H15F.H2/c1-19-5-6-20-7-8-21-9-10-24(18-27(21)26(20)17-19)29(33)31-25-4-2-3-22(11-12-25)28(32)23-13-15-30-16-14-23;1-4-9-5-7-10(8-6-9)11(2,3)12;/h3,9-10,13-16,18-19,25H,2,4-8,11-12,17H2,1H3,(H,31,33);5-8H,4H2,1-3H3;1H. The minimum atomic E-state index is -1.22. The average molecular weight is 609 g/mol. The largest absolute Gasteiger partial charge is 0.349 e. The van der Waals surface area contributed by atoms with E-state index < -0.39 is 5.67 Å². The van der Waals surface area contributed by atoms with E-state index in [-0.39, 0.29) is 19.2 Å². The lowest BCUT2D eigenvalue weighted by molar-refractivity contribution is 0.0933. The van der Waals surface area contributed by atoms with Crippen molar-refractivity contribution in [3.8, 4) is 0 Å². The first-order chi connectivity index (χ1) is 21.6. The maximum atomic E-state index is 13.4. The van der Waals surface area contributed by atoms with E-state index in [1.807, 2.05) is 36.4 Å². The number of ketones is 1. The molecule has 3 aliphatic carbocycles.